The number of anilines is 2. The van der Waals surface area contributed by atoms with Gasteiger partial charge in [0.25, 0.3) is 0 Å². The molecule has 0 radical (unpaired) electrons. The summed E-state index contributed by atoms with van der Waals surface area (Å²) >= 11 is 0. The number of rotatable bonds is 7. The number of nitrogens with two attached hydrogens (primary N) is 1. The normalized spacial score (nSPS) is 10.3. The molecule has 0 amide bonds. The van der Waals surface area contributed by atoms with E-state index in [4.69, 9.17) is 10.5 Å². The van der Waals surface area contributed by atoms with E-state index in [-0.39, 0.29) is 5.97 Å². The topological polar surface area (TPSA) is 90.1 Å². The quantitative estimate of drug-likeness (QED) is 0.762. The first-order valence-corrected chi connectivity index (χ1v) is 7.25. The third-order valence-corrected chi connectivity index (χ3v) is 3.05. The predicted molar refractivity (Wildman–Crippen MR) is 84.6 cm³/mol. The molecule has 6 nitrogen and oxygen atoms in total. The summed E-state index contributed by atoms with van der Waals surface area (Å²) in [6.45, 7) is 2.70. The Bertz CT molecular complexity index is 614. The largest absolute Gasteiger partial charge is 0.466 e. The number of ether oxygens (including phenoxy) is 1. The van der Waals surface area contributed by atoms with Crippen LogP contribution in [-0.4, -0.2) is 22.5 Å². The highest BCUT2D eigenvalue weighted by Gasteiger charge is 2.05. The lowest BCUT2D eigenvalue weighted by atomic mass is 10.2. The fourth-order valence-corrected chi connectivity index (χ4v) is 1.91. The summed E-state index contributed by atoms with van der Waals surface area (Å²) in [4.78, 5) is 19.9. The van der Waals surface area contributed by atoms with Crippen molar-refractivity contribution < 1.29 is 9.53 Å². The summed E-state index contributed by atoms with van der Waals surface area (Å²) in [5.74, 6) is 0.287. The van der Waals surface area contributed by atoms with Crippen molar-refractivity contribution in [1.29, 1.82) is 0 Å². The molecule has 2 aromatic rings. The molecule has 1 aromatic carbocycles. The molecule has 1 aromatic heterocycles. The van der Waals surface area contributed by atoms with Crippen LogP contribution in [0.3, 0.4) is 0 Å². The maximum Gasteiger partial charge on any atom is 0.306 e. The van der Waals surface area contributed by atoms with Crippen molar-refractivity contribution in [2.24, 2.45) is 5.73 Å². The Hall–Kier alpha value is -2.47. The molecular weight excluding hydrogens is 280 g/mol. The fraction of sp³-hybridized carbons (Fsp3) is 0.312. The molecule has 2 rings (SSSR count). The second-order valence-electron chi connectivity index (χ2n) is 4.70. The zero-order valence-electron chi connectivity index (χ0n) is 12.6. The van der Waals surface area contributed by atoms with Gasteiger partial charge in [0, 0.05) is 30.5 Å². The van der Waals surface area contributed by atoms with Crippen LogP contribution in [0, 0.1) is 0 Å². The van der Waals surface area contributed by atoms with E-state index in [0.717, 1.165) is 16.9 Å². The minimum atomic E-state index is -0.215. The average Bonchev–Trinajstić information content (AvgIpc) is 2.54. The van der Waals surface area contributed by atoms with Crippen molar-refractivity contribution >= 4 is 17.6 Å². The second-order valence-corrected chi connectivity index (χ2v) is 4.70. The summed E-state index contributed by atoms with van der Waals surface area (Å²) in [6, 6.07) is 9.55. The maximum atomic E-state index is 11.4. The van der Waals surface area contributed by atoms with E-state index in [1.165, 1.54) is 0 Å². The molecule has 6 heteroatoms. The van der Waals surface area contributed by atoms with Crippen LogP contribution >= 0.6 is 0 Å². The van der Waals surface area contributed by atoms with Gasteiger partial charge in [0.1, 0.15) is 0 Å². The van der Waals surface area contributed by atoms with E-state index in [1.807, 2.05) is 24.3 Å². The Morgan fingerprint density at radius 3 is 2.73 bits per heavy atom. The molecular formula is C16H20N4O2. The van der Waals surface area contributed by atoms with Crippen LogP contribution in [0.5, 0.6) is 0 Å². The molecule has 1 heterocycles. The van der Waals surface area contributed by atoms with Gasteiger partial charge in [0.15, 0.2) is 0 Å². The van der Waals surface area contributed by atoms with Gasteiger partial charge in [-0.25, -0.2) is 9.97 Å². The number of benzene rings is 1. The Morgan fingerprint density at radius 1 is 1.27 bits per heavy atom. The number of nitrogens with zero attached hydrogens (tertiary/aromatic N) is 2. The zero-order chi connectivity index (χ0) is 15.8. The van der Waals surface area contributed by atoms with Crippen molar-refractivity contribution in [3.8, 4) is 0 Å². The number of carbonyl (C=O) groups excluding carboxylic acids is 1. The van der Waals surface area contributed by atoms with Crippen LogP contribution in [0.2, 0.25) is 0 Å². The zero-order valence-corrected chi connectivity index (χ0v) is 12.6. The minimum absolute atomic E-state index is 0.215. The van der Waals surface area contributed by atoms with Gasteiger partial charge in [0.2, 0.25) is 5.95 Å². The van der Waals surface area contributed by atoms with Crippen molar-refractivity contribution in [3.05, 3.63) is 47.8 Å². The second kappa shape index (κ2) is 8.09. The summed E-state index contributed by atoms with van der Waals surface area (Å²) < 4.78 is 4.90. The standard InChI is InChI=1S/C16H20N4O2/c1-2-22-15(21)8-7-14-9-10-18-16(20-14)19-13-5-3-12(11-17)4-6-13/h3-6,9-10H,2,7-8,11,17H2,1H3,(H,18,19,20). The van der Waals surface area contributed by atoms with E-state index < -0.39 is 0 Å². The molecule has 22 heavy (non-hydrogen) atoms. The van der Waals surface area contributed by atoms with E-state index in [0.29, 0.717) is 31.9 Å². The van der Waals surface area contributed by atoms with Gasteiger partial charge in [0.05, 0.1) is 13.0 Å². The number of carbonyl (C=O) groups is 1. The first-order chi connectivity index (χ1) is 10.7. The smallest absolute Gasteiger partial charge is 0.306 e. The molecule has 0 saturated heterocycles. The molecule has 0 unspecified atom stereocenters. The van der Waals surface area contributed by atoms with Crippen molar-refractivity contribution in [2.75, 3.05) is 11.9 Å². The Balaban J connectivity index is 1.96. The highest BCUT2D eigenvalue weighted by Crippen LogP contribution is 2.14. The number of aryl methyl sites for hydroxylation is 1. The molecule has 3 N–H and O–H groups in total. The Kier molecular flexibility index (Phi) is 5.85. The molecule has 0 spiro atoms. The van der Waals surface area contributed by atoms with E-state index >= 15 is 0 Å². The predicted octanol–water partition coefficient (Wildman–Crippen LogP) is 2.17. The van der Waals surface area contributed by atoms with E-state index in [9.17, 15) is 4.79 Å². The van der Waals surface area contributed by atoms with Crippen molar-refractivity contribution in [1.82, 2.24) is 9.97 Å². The van der Waals surface area contributed by atoms with Gasteiger partial charge in [-0.05, 0) is 30.7 Å². The summed E-state index contributed by atoms with van der Waals surface area (Å²) in [6.07, 6.45) is 2.52. The fourth-order valence-electron chi connectivity index (χ4n) is 1.91. The highest BCUT2D eigenvalue weighted by molar-refractivity contribution is 5.69. The van der Waals surface area contributed by atoms with Crippen molar-refractivity contribution in [3.63, 3.8) is 0 Å². The van der Waals surface area contributed by atoms with Crippen LogP contribution < -0.4 is 11.1 Å². The lowest BCUT2D eigenvalue weighted by Crippen LogP contribution is -2.07. The van der Waals surface area contributed by atoms with Crippen LogP contribution in [-0.2, 0) is 22.5 Å². The van der Waals surface area contributed by atoms with Crippen LogP contribution in [0.25, 0.3) is 0 Å². The lowest BCUT2D eigenvalue weighted by molar-refractivity contribution is -0.143. The molecule has 0 atom stereocenters. The lowest BCUT2D eigenvalue weighted by Gasteiger charge is -2.07. The molecule has 116 valence electrons. The molecule has 0 fully saturated rings. The van der Waals surface area contributed by atoms with Gasteiger partial charge in [-0.2, -0.15) is 0 Å². The highest BCUT2D eigenvalue weighted by atomic mass is 16.5. The number of nitrogens with one attached hydrogen (secondary N) is 1. The first kappa shape index (κ1) is 15.9. The van der Waals surface area contributed by atoms with E-state index in [2.05, 4.69) is 15.3 Å². The number of esters is 1. The minimum Gasteiger partial charge on any atom is -0.466 e. The van der Waals surface area contributed by atoms with Crippen LogP contribution in [0.1, 0.15) is 24.6 Å². The van der Waals surface area contributed by atoms with Gasteiger partial charge >= 0.3 is 5.97 Å². The number of aromatic nitrogens is 2. The molecule has 0 bridgehead atoms. The molecule has 0 aliphatic rings. The van der Waals surface area contributed by atoms with E-state index in [1.54, 1.807) is 19.2 Å². The van der Waals surface area contributed by atoms with Gasteiger partial charge in [-0.15, -0.1) is 0 Å². The third kappa shape index (κ3) is 4.82. The molecule has 0 saturated carbocycles. The number of hydrogen-bond donors (Lipinski definition) is 2. The van der Waals surface area contributed by atoms with Crippen LogP contribution in [0.15, 0.2) is 36.5 Å². The Morgan fingerprint density at radius 2 is 2.05 bits per heavy atom. The number of hydrogen-bond acceptors (Lipinski definition) is 6. The Labute approximate surface area is 129 Å². The SMILES string of the molecule is CCOC(=O)CCc1ccnc(Nc2ccc(CN)cc2)n1. The summed E-state index contributed by atoms with van der Waals surface area (Å²) in [7, 11) is 0. The molecule has 0 aliphatic carbocycles. The van der Waals surface area contributed by atoms with Gasteiger partial charge in [-0.1, -0.05) is 12.1 Å². The first-order valence-electron chi connectivity index (χ1n) is 7.25. The summed E-state index contributed by atoms with van der Waals surface area (Å²) in [5, 5.41) is 3.13. The van der Waals surface area contributed by atoms with Crippen molar-refractivity contribution in [2.45, 2.75) is 26.3 Å². The average molecular weight is 300 g/mol. The monoisotopic (exact) mass is 300 g/mol. The molecule has 0 aliphatic heterocycles. The van der Waals surface area contributed by atoms with Gasteiger partial charge in [-0.3, -0.25) is 4.79 Å². The third-order valence-electron chi connectivity index (χ3n) is 3.05. The van der Waals surface area contributed by atoms with Gasteiger partial charge < -0.3 is 15.8 Å². The maximum absolute atomic E-state index is 11.4. The van der Waals surface area contributed by atoms with Crippen LogP contribution in [0.4, 0.5) is 11.6 Å². The summed E-state index contributed by atoms with van der Waals surface area (Å²) in [5.41, 5.74) is 8.32.